The molecule has 0 saturated carbocycles. The Balaban J connectivity index is 2.02. The Hall–Kier alpha value is -2.62. The summed E-state index contributed by atoms with van der Waals surface area (Å²) in [6, 6.07) is 7.77. The molecular formula is C15H9IN2O5. The molecule has 1 aliphatic heterocycles. The van der Waals surface area contributed by atoms with Gasteiger partial charge in [-0.2, -0.15) is 0 Å². The molecule has 0 bridgehead atoms. The van der Waals surface area contributed by atoms with Crippen molar-refractivity contribution in [1.82, 2.24) is 5.43 Å². The number of halogens is 1. The van der Waals surface area contributed by atoms with Gasteiger partial charge in [0.25, 0.3) is 11.8 Å². The van der Waals surface area contributed by atoms with E-state index in [0.717, 1.165) is 5.01 Å². The third-order valence-electron chi connectivity index (χ3n) is 3.15. The Kier molecular flexibility index (Phi) is 3.90. The molecule has 0 aliphatic carbocycles. The molecule has 2 aromatic rings. The molecule has 2 amide bonds. The van der Waals surface area contributed by atoms with E-state index in [1.165, 1.54) is 24.5 Å². The Bertz CT molecular complexity index is 842. The van der Waals surface area contributed by atoms with E-state index < -0.39 is 17.8 Å². The van der Waals surface area contributed by atoms with Crippen LogP contribution >= 0.6 is 22.6 Å². The third-order valence-corrected chi connectivity index (χ3v) is 3.82. The summed E-state index contributed by atoms with van der Waals surface area (Å²) in [6.07, 6.45) is 2.73. The van der Waals surface area contributed by atoms with E-state index in [-0.39, 0.29) is 16.8 Å². The summed E-state index contributed by atoms with van der Waals surface area (Å²) >= 11 is 1.97. The molecule has 0 unspecified atom stereocenters. The van der Waals surface area contributed by atoms with Gasteiger partial charge in [0, 0.05) is 3.57 Å². The van der Waals surface area contributed by atoms with Crippen LogP contribution in [0.3, 0.4) is 0 Å². The van der Waals surface area contributed by atoms with Gasteiger partial charge >= 0.3 is 5.97 Å². The molecule has 0 spiro atoms. The van der Waals surface area contributed by atoms with Crippen molar-refractivity contribution in [2.24, 2.45) is 0 Å². The minimum Gasteiger partial charge on any atom is -0.478 e. The van der Waals surface area contributed by atoms with Gasteiger partial charge in [0.2, 0.25) is 0 Å². The zero-order valence-electron chi connectivity index (χ0n) is 11.4. The highest BCUT2D eigenvalue weighted by atomic mass is 127. The van der Waals surface area contributed by atoms with Gasteiger partial charge in [-0.15, -0.1) is 0 Å². The van der Waals surface area contributed by atoms with Crippen molar-refractivity contribution in [1.29, 1.82) is 0 Å². The monoisotopic (exact) mass is 424 g/mol. The largest absolute Gasteiger partial charge is 0.478 e. The normalized spacial score (nSPS) is 16.0. The number of carbonyl (C=O) groups is 3. The molecule has 1 aliphatic rings. The second-order valence-corrected chi connectivity index (χ2v) is 5.87. The molecular weight excluding hydrogens is 415 g/mol. The van der Waals surface area contributed by atoms with Crippen LogP contribution in [0, 0.1) is 3.57 Å². The van der Waals surface area contributed by atoms with Gasteiger partial charge in [0.15, 0.2) is 0 Å². The number of hydrogen-bond donors (Lipinski definition) is 2. The van der Waals surface area contributed by atoms with Crippen molar-refractivity contribution in [3.63, 3.8) is 0 Å². The quantitative estimate of drug-likeness (QED) is 0.447. The molecule has 2 heterocycles. The number of carboxylic acids is 1. The molecule has 3 rings (SSSR count). The summed E-state index contributed by atoms with van der Waals surface area (Å²) in [4.78, 5) is 35.8. The van der Waals surface area contributed by atoms with E-state index in [2.05, 4.69) is 5.43 Å². The molecule has 23 heavy (non-hydrogen) atoms. The fourth-order valence-corrected chi connectivity index (χ4v) is 2.61. The third kappa shape index (κ3) is 2.84. The number of rotatable bonds is 3. The minimum atomic E-state index is -1.19. The van der Waals surface area contributed by atoms with Gasteiger partial charge in [-0.05, 0) is 59.0 Å². The van der Waals surface area contributed by atoms with Gasteiger partial charge in [-0.3, -0.25) is 15.0 Å². The summed E-state index contributed by atoms with van der Waals surface area (Å²) in [5, 5.41) is 10.2. The first-order valence-electron chi connectivity index (χ1n) is 6.41. The lowest BCUT2D eigenvalue weighted by molar-refractivity contribution is -0.117. The Morgan fingerprint density at radius 1 is 1.30 bits per heavy atom. The maximum atomic E-state index is 12.4. The predicted molar refractivity (Wildman–Crippen MR) is 88.4 cm³/mol. The van der Waals surface area contributed by atoms with Crippen LogP contribution in [0.15, 0.2) is 46.6 Å². The summed E-state index contributed by atoms with van der Waals surface area (Å²) < 4.78 is 5.79. The van der Waals surface area contributed by atoms with Crippen molar-refractivity contribution in [2.45, 2.75) is 0 Å². The van der Waals surface area contributed by atoms with Gasteiger partial charge in [-0.1, -0.05) is 0 Å². The van der Waals surface area contributed by atoms with E-state index in [1.807, 2.05) is 22.6 Å². The van der Waals surface area contributed by atoms with Crippen LogP contribution in [0.5, 0.6) is 0 Å². The van der Waals surface area contributed by atoms with E-state index >= 15 is 0 Å². The predicted octanol–water partition coefficient (Wildman–Crippen LogP) is 2.04. The van der Waals surface area contributed by atoms with E-state index in [4.69, 9.17) is 4.42 Å². The van der Waals surface area contributed by atoms with Crippen LogP contribution in [0.4, 0.5) is 5.69 Å². The van der Waals surface area contributed by atoms with Crippen molar-refractivity contribution < 1.29 is 23.9 Å². The first-order chi connectivity index (χ1) is 11.0. The first kappa shape index (κ1) is 15.3. The number of carbonyl (C=O) groups excluding carboxylic acids is 2. The van der Waals surface area contributed by atoms with Crippen molar-refractivity contribution in [3.05, 3.63) is 57.1 Å². The summed E-state index contributed by atoms with van der Waals surface area (Å²) in [6.45, 7) is 0. The fraction of sp³-hybridized carbons (Fsp3) is 0. The van der Waals surface area contributed by atoms with E-state index in [1.54, 1.807) is 18.2 Å². The zero-order valence-corrected chi connectivity index (χ0v) is 13.6. The maximum Gasteiger partial charge on any atom is 0.337 e. The van der Waals surface area contributed by atoms with Crippen LogP contribution in [0.25, 0.3) is 6.08 Å². The number of furan rings is 1. The number of amides is 2. The second kappa shape index (κ2) is 5.88. The lowest BCUT2D eigenvalue weighted by Gasteiger charge is -2.17. The summed E-state index contributed by atoms with van der Waals surface area (Å²) in [7, 11) is 0. The molecule has 1 aromatic carbocycles. The Morgan fingerprint density at radius 3 is 2.74 bits per heavy atom. The SMILES string of the molecule is O=C1NN(c2ccc(I)cc2C(=O)O)C(=O)/C1=C\c1ccco1. The zero-order chi connectivity index (χ0) is 16.6. The number of benzene rings is 1. The number of aromatic carboxylic acids is 1. The topological polar surface area (TPSA) is 99.9 Å². The highest BCUT2D eigenvalue weighted by Gasteiger charge is 2.36. The van der Waals surface area contributed by atoms with E-state index in [9.17, 15) is 19.5 Å². The van der Waals surface area contributed by atoms with Crippen LogP contribution in [0.2, 0.25) is 0 Å². The second-order valence-electron chi connectivity index (χ2n) is 4.62. The van der Waals surface area contributed by atoms with Crippen molar-refractivity contribution >= 4 is 52.1 Å². The molecule has 116 valence electrons. The lowest BCUT2D eigenvalue weighted by Crippen LogP contribution is -2.36. The van der Waals surface area contributed by atoms with Crippen molar-refractivity contribution in [3.8, 4) is 0 Å². The molecule has 7 nitrogen and oxygen atoms in total. The number of anilines is 1. The number of nitrogens with one attached hydrogen (secondary N) is 1. The summed E-state index contributed by atoms with van der Waals surface area (Å²) in [5.41, 5.74) is 2.25. The fourth-order valence-electron chi connectivity index (χ4n) is 2.12. The molecule has 1 fully saturated rings. The van der Waals surface area contributed by atoms with Gasteiger partial charge in [-0.25, -0.2) is 9.80 Å². The standard InChI is InChI=1S/C15H9IN2O5/c16-8-3-4-12(10(6-8)15(21)22)18-14(20)11(13(19)17-18)7-9-2-1-5-23-9/h1-7H,(H,17,19)(H,21,22)/b11-7-. The first-order valence-corrected chi connectivity index (χ1v) is 7.49. The molecule has 0 atom stereocenters. The number of hydrogen-bond acceptors (Lipinski definition) is 4. The Morgan fingerprint density at radius 2 is 2.09 bits per heavy atom. The average molecular weight is 424 g/mol. The smallest absolute Gasteiger partial charge is 0.337 e. The highest BCUT2D eigenvalue weighted by Crippen LogP contribution is 2.26. The highest BCUT2D eigenvalue weighted by molar-refractivity contribution is 14.1. The molecule has 1 saturated heterocycles. The Labute approximate surface area is 143 Å². The van der Waals surface area contributed by atoms with Gasteiger partial charge < -0.3 is 9.52 Å². The molecule has 2 N–H and O–H groups in total. The molecule has 1 aromatic heterocycles. The van der Waals surface area contributed by atoms with Crippen LogP contribution < -0.4 is 10.4 Å². The summed E-state index contributed by atoms with van der Waals surface area (Å²) in [5.74, 6) is -2.10. The van der Waals surface area contributed by atoms with Crippen LogP contribution in [-0.2, 0) is 9.59 Å². The number of carboxylic acid groups (broad SMARTS) is 1. The maximum absolute atomic E-state index is 12.4. The van der Waals surface area contributed by atoms with E-state index in [0.29, 0.717) is 9.33 Å². The lowest BCUT2D eigenvalue weighted by atomic mass is 10.1. The molecule has 8 heteroatoms. The minimum absolute atomic E-state index is 0.0789. The number of nitrogens with zero attached hydrogens (tertiary/aromatic N) is 1. The van der Waals surface area contributed by atoms with Crippen LogP contribution in [0.1, 0.15) is 16.1 Å². The average Bonchev–Trinajstić information content (AvgIpc) is 3.11. The molecule has 0 radical (unpaired) electrons. The number of hydrazine groups is 1. The van der Waals surface area contributed by atoms with Crippen molar-refractivity contribution in [2.75, 3.05) is 5.01 Å². The van der Waals surface area contributed by atoms with Crippen LogP contribution in [-0.4, -0.2) is 22.9 Å². The van der Waals surface area contributed by atoms with Gasteiger partial charge in [0.1, 0.15) is 11.3 Å². The van der Waals surface area contributed by atoms with Gasteiger partial charge in [0.05, 0.1) is 17.5 Å².